The molecule has 1 spiro atoms. The van der Waals surface area contributed by atoms with Crippen LogP contribution in [0.1, 0.15) is 19.3 Å². The number of likely N-dealkylation sites (tertiary alicyclic amines) is 1. The van der Waals surface area contributed by atoms with Gasteiger partial charge in [0.1, 0.15) is 5.60 Å². The number of methoxy groups -OCH3 is 1. The van der Waals surface area contributed by atoms with Crippen LogP contribution in [0, 0.1) is 0 Å². The Morgan fingerprint density at radius 2 is 2.46 bits per heavy atom. The number of aromatic nitrogens is 1. The molecule has 8 heteroatoms. The van der Waals surface area contributed by atoms with Gasteiger partial charge in [0.05, 0.1) is 22.9 Å². The number of ether oxygens (including phenoxy) is 2. The standard InChI is InChI=1S/C18H22ClN3O3S/c1-24-15-5-7-22(11-18(15)6-2-8-25-18)10-16(23)21-17-20-13-4-3-12(19)9-14(13)26-17/h3-4,9,15H,2,5-8,10-11H2,1H3,(H,20,21,23)/t15-,18-/m0/s1. The van der Waals surface area contributed by atoms with E-state index in [1.807, 2.05) is 12.1 Å². The third kappa shape index (κ3) is 3.59. The van der Waals surface area contributed by atoms with Gasteiger partial charge in [-0.3, -0.25) is 9.69 Å². The quantitative estimate of drug-likeness (QED) is 0.861. The lowest BCUT2D eigenvalue weighted by Gasteiger charge is -2.44. The molecule has 2 saturated heterocycles. The van der Waals surface area contributed by atoms with Gasteiger partial charge in [0.25, 0.3) is 0 Å². The second-order valence-electron chi connectivity index (χ2n) is 6.92. The van der Waals surface area contributed by atoms with Crippen LogP contribution in [0.15, 0.2) is 18.2 Å². The summed E-state index contributed by atoms with van der Waals surface area (Å²) < 4.78 is 12.7. The van der Waals surface area contributed by atoms with Crippen LogP contribution >= 0.6 is 22.9 Å². The smallest absolute Gasteiger partial charge is 0.240 e. The van der Waals surface area contributed by atoms with Crippen LogP contribution in [0.4, 0.5) is 5.13 Å². The van der Waals surface area contributed by atoms with E-state index in [9.17, 15) is 4.79 Å². The number of hydrogen-bond acceptors (Lipinski definition) is 6. The summed E-state index contributed by atoms with van der Waals surface area (Å²) in [7, 11) is 1.75. The fourth-order valence-electron chi connectivity index (χ4n) is 4.00. The lowest BCUT2D eigenvalue weighted by atomic mass is 9.87. The maximum atomic E-state index is 12.5. The molecule has 1 N–H and O–H groups in total. The molecule has 0 saturated carbocycles. The Hall–Kier alpha value is -1.25. The van der Waals surface area contributed by atoms with Crippen molar-refractivity contribution in [1.82, 2.24) is 9.88 Å². The summed E-state index contributed by atoms with van der Waals surface area (Å²) in [6.07, 6.45) is 3.03. The van der Waals surface area contributed by atoms with Crippen molar-refractivity contribution >= 4 is 44.2 Å². The van der Waals surface area contributed by atoms with Gasteiger partial charge >= 0.3 is 0 Å². The first-order chi connectivity index (χ1) is 12.6. The number of benzene rings is 1. The van der Waals surface area contributed by atoms with E-state index in [0.29, 0.717) is 16.7 Å². The number of nitrogens with zero attached hydrogens (tertiary/aromatic N) is 2. The molecule has 2 aromatic rings. The number of fused-ring (bicyclic) bond motifs is 1. The molecule has 140 valence electrons. The predicted molar refractivity (Wildman–Crippen MR) is 103 cm³/mol. The van der Waals surface area contributed by atoms with Gasteiger partial charge < -0.3 is 14.8 Å². The van der Waals surface area contributed by atoms with E-state index in [2.05, 4.69) is 15.2 Å². The van der Waals surface area contributed by atoms with Crippen molar-refractivity contribution in [2.45, 2.75) is 31.0 Å². The van der Waals surface area contributed by atoms with E-state index in [0.717, 1.165) is 49.2 Å². The van der Waals surface area contributed by atoms with Crippen LogP contribution in [0.5, 0.6) is 0 Å². The molecule has 2 atom stereocenters. The number of halogens is 1. The Labute approximate surface area is 161 Å². The fourth-order valence-corrected chi connectivity index (χ4v) is 5.16. The molecular formula is C18H22ClN3O3S. The summed E-state index contributed by atoms with van der Waals surface area (Å²) in [5.74, 6) is -0.0563. The highest BCUT2D eigenvalue weighted by Crippen LogP contribution is 2.36. The molecule has 0 unspecified atom stereocenters. The second-order valence-corrected chi connectivity index (χ2v) is 8.39. The summed E-state index contributed by atoms with van der Waals surface area (Å²) in [6.45, 7) is 2.66. The number of piperidine rings is 1. The second kappa shape index (κ2) is 7.40. The average Bonchev–Trinajstić information content (AvgIpc) is 3.21. The van der Waals surface area contributed by atoms with E-state index in [-0.39, 0.29) is 17.6 Å². The first kappa shape index (κ1) is 18.1. The van der Waals surface area contributed by atoms with Crippen molar-refractivity contribution in [3.05, 3.63) is 23.2 Å². The summed E-state index contributed by atoms with van der Waals surface area (Å²) >= 11 is 7.44. The SMILES string of the molecule is CO[C@H]1CCN(CC(=O)Nc2nc3ccc(Cl)cc3s2)C[C@@]12CCCO2. The topological polar surface area (TPSA) is 63.7 Å². The van der Waals surface area contributed by atoms with Crippen molar-refractivity contribution in [2.24, 2.45) is 0 Å². The largest absolute Gasteiger partial charge is 0.378 e. The van der Waals surface area contributed by atoms with Crippen molar-refractivity contribution in [3.63, 3.8) is 0 Å². The zero-order valence-corrected chi connectivity index (χ0v) is 16.2. The number of anilines is 1. The highest BCUT2D eigenvalue weighted by Gasteiger charge is 2.47. The third-order valence-electron chi connectivity index (χ3n) is 5.17. The van der Waals surface area contributed by atoms with Gasteiger partial charge in [0, 0.05) is 31.8 Å². The molecule has 1 amide bonds. The molecule has 2 aliphatic rings. The van der Waals surface area contributed by atoms with E-state index in [4.69, 9.17) is 21.1 Å². The molecule has 0 bridgehead atoms. The molecule has 6 nitrogen and oxygen atoms in total. The van der Waals surface area contributed by atoms with E-state index < -0.39 is 0 Å². The Balaban J connectivity index is 1.39. The van der Waals surface area contributed by atoms with E-state index in [1.165, 1.54) is 11.3 Å². The summed E-state index contributed by atoms with van der Waals surface area (Å²) in [5, 5.41) is 4.19. The Bertz CT molecular complexity index is 806. The Morgan fingerprint density at radius 1 is 1.58 bits per heavy atom. The molecule has 0 aliphatic carbocycles. The maximum absolute atomic E-state index is 12.5. The van der Waals surface area contributed by atoms with Crippen LogP contribution in [0.2, 0.25) is 5.02 Å². The Kier molecular flexibility index (Phi) is 5.16. The normalized spacial score (nSPS) is 26.6. The minimum Gasteiger partial charge on any atom is -0.378 e. The third-order valence-corrected chi connectivity index (χ3v) is 6.34. The number of carbonyl (C=O) groups excluding carboxylic acids is 1. The van der Waals surface area contributed by atoms with Gasteiger partial charge in [0.2, 0.25) is 5.91 Å². The monoisotopic (exact) mass is 395 g/mol. The zero-order chi connectivity index (χ0) is 18.1. The first-order valence-corrected chi connectivity index (χ1v) is 10.0. The van der Waals surface area contributed by atoms with Crippen molar-refractivity contribution in [1.29, 1.82) is 0 Å². The van der Waals surface area contributed by atoms with Crippen LogP contribution in [0.3, 0.4) is 0 Å². The first-order valence-electron chi connectivity index (χ1n) is 8.83. The number of rotatable bonds is 4. The van der Waals surface area contributed by atoms with Crippen LogP contribution < -0.4 is 5.32 Å². The number of nitrogens with one attached hydrogen (secondary N) is 1. The predicted octanol–water partition coefficient (Wildman–Crippen LogP) is 3.16. The molecule has 26 heavy (non-hydrogen) atoms. The summed E-state index contributed by atoms with van der Waals surface area (Å²) in [5.41, 5.74) is 0.578. The fraction of sp³-hybridized carbons (Fsp3) is 0.556. The van der Waals surface area contributed by atoms with Gasteiger partial charge in [-0.1, -0.05) is 22.9 Å². The van der Waals surface area contributed by atoms with Crippen molar-refractivity contribution in [2.75, 3.05) is 38.7 Å². The lowest BCUT2D eigenvalue weighted by Crippen LogP contribution is -2.58. The minimum absolute atomic E-state index is 0.0563. The van der Waals surface area contributed by atoms with Gasteiger partial charge in [-0.15, -0.1) is 0 Å². The van der Waals surface area contributed by atoms with Gasteiger partial charge in [0.15, 0.2) is 5.13 Å². The van der Waals surface area contributed by atoms with Gasteiger partial charge in [-0.2, -0.15) is 0 Å². The minimum atomic E-state index is -0.264. The molecule has 0 radical (unpaired) electrons. The van der Waals surface area contributed by atoms with Crippen LogP contribution in [-0.2, 0) is 14.3 Å². The van der Waals surface area contributed by atoms with Crippen LogP contribution in [-0.4, -0.2) is 60.8 Å². The van der Waals surface area contributed by atoms with E-state index in [1.54, 1.807) is 13.2 Å². The van der Waals surface area contributed by atoms with Gasteiger partial charge in [-0.05, 0) is 37.5 Å². The molecule has 1 aromatic carbocycles. The number of hydrogen-bond donors (Lipinski definition) is 1. The van der Waals surface area contributed by atoms with Gasteiger partial charge in [-0.25, -0.2) is 4.98 Å². The molecule has 2 fully saturated rings. The number of thiazole rings is 1. The molecule has 1 aromatic heterocycles. The zero-order valence-electron chi connectivity index (χ0n) is 14.7. The highest BCUT2D eigenvalue weighted by molar-refractivity contribution is 7.22. The van der Waals surface area contributed by atoms with Crippen LogP contribution in [0.25, 0.3) is 10.2 Å². The summed E-state index contributed by atoms with van der Waals surface area (Å²) in [6, 6.07) is 5.53. The number of amides is 1. The Morgan fingerprint density at radius 3 is 3.23 bits per heavy atom. The van der Waals surface area contributed by atoms with Crippen molar-refractivity contribution < 1.29 is 14.3 Å². The highest BCUT2D eigenvalue weighted by atomic mass is 35.5. The van der Waals surface area contributed by atoms with Crippen molar-refractivity contribution in [3.8, 4) is 0 Å². The molecule has 3 heterocycles. The molecule has 4 rings (SSSR count). The summed E-state index contributed by atoms with van der Waals surface area (Å²) in [4.78, 5) is 19.1. The van der Waals surface area contributed by atoms with E-state index >= 15 is 0 Å². The molecule has 2 aliphatic heterocycles. The number of carbonyl (C=O) groups is 1. The maximum Gasteiger partial charge on any atom is 0.240 e. The lowest BCUT2D eigenvalue weighted by molar-refractivity contribution is -0.146. The molecular weight excluding hydrogens is 374 g/mol. The average molecular weight is 396 g/mol.